The van der Waals surface area contributed by atoms with Crippen LogP contribution in [0.15, 0.2) is 4.52 Å². The lowest BCUT2D eigenvalue weighted by Crippen LogP contribution is -2.43. The highest BCUT2D eigenvalue weighted by atomic mass is 16.5. The molecule has 6 heteroatoms. The van der Waals surface area contributed by atoms with Crippen LogP contribution in [0.1, 0.15) is 67.3 Å². The maximum absolute atomic E-state index is 12.4. The molecule has 21 heavy (non-hydrogen) atoms. The SMILES string of the molecule is Cc1noc(C(C)C)c1C(=O)NCC1(CC(=O)O)CCC1. The molecule has 0 radical (unpaired) electrons. The van der Waals surface area contributed by atoms with Gasteiger partial charge in [-0.2, -0.15) is 0 Å². The number of carbonyl (C=O) groups is 2. The molecule has 1 aliphatic rings. The fourth-order valence-corrected chi connectivity index (χ4v) is 2.83. The molecule has 1 fully saturated rings. The van der Waals surface area contributed by atoms with Gasteiger partial charge in [0.2, 0.25) is 0 Å². The maximum atomic E-state index is 12.4. The van der Waals surface area contributed by atoms with Gasteiger partial charge in [0.25, 0.3) is 5.91 Å². The Balaban J connectivity index is 2.05. The standard InChI is InChI=1S/C15H22N2O4/c1-9(2)13-12(10(3)17-21-13)14(20)16-8-15(5-4-6-15)7-11(18)19/h9H,4-8H2,1-3H3,(H,16,20)(H,18,19). The van der Waals surface area contributed by atoms with E-state index in [9.17, 15) is 9.59 Å². The van der Waals surface area contributed by atoms with E-state index in [1.807, 2.05) is 13.8 Å². The van der Waals surface area contributed by atoms with Crippen molar-refractivity contribution in [1.82, 2.24) is 10.5 Å². The monoisotopic (exact) mass is 294 g/mol. The van der Waals surface area contributed by atoms with Crippen LogP contribution in [0.25, 0.3) is 0 Å². The van der Waals surface area contributed by atoms with Gasteiger partial charge < -0.3 is 14.9 Å². The molecular weight excluding hydrogens is 272 g/mol. The number of hydrogen-bond acceptors (Lipinski definition) is 4. The molecule has 2 N–H and O–H groups in total. The van der Waals surface area contributed by atoms with Crippen LogP contribution in [0.2, 0.25) is 0 Å². The number of aromatic nitrogens is 1. The van der Waals surface area contributed by atoms with Gasteiger partial charge in [0.05, 0.1) is 12.1 Å². The van der Waals surface area contributed by atoms with Crippen molar-refractivity contribution in [3.63, 3.8) is 0 Å². The van der Waals surface area contributed by atoms with Gasteiger partial charge in [-0.1, -0.05) is 25.4 Å². The first kappa shape index (κ1) is 15.5. The zero-order valence-electron chi connectivity index (χ0n) is 12.7. The fraction of sp³-hybridized carbons (Fsp3) is 0.667. The quantitative estimate of drug-likeness (QED) is 0.840. The van der Waals surface area contributed by atoms with E-state index in [1.54, 1.807) is 6.92 Å². The smallest absolute Gasteiger partial charge is 0.303 e. The zero-order chi connectivity index (χ0) is 15.6. The van der Waals surface area contributed by atoms with E-state index in [0.717, 1.165) is 19.3 Å². The summed E-state index contributed by atoms with van der Waals surface area (Å²) < 4.78 is 5.21. The Kier molecular flexibility index (Phi) is 4.34. The van der Waals surface area contributed by atoms with Crippen LogP contribution in [0.4, 0.5) is 0 Å². The summed E-state index contributed by atoms with van der Waals surface area (Å²) in [6.45, 7) is 6.00. The van der Waals surface area contributed by atoms with E-state index in [4.69, 9.17) is 9.63 Å². The molecule has 116 valence electrons. The van der Waals surface area contributed by atoms with Gasteiger partial charge in [0, 0.05) is 12.5 Å². The van der Waals surface area contributed by atoms with Crippen molar-refractivity contribution in [3.8, 4) is 0 Å². The van der Waals surface area contributed by atoms with E-state index in [0.29, 0.717) is 23.6 Å². The Bertz CT molecular complexity index is 544. The third-order valence-corrected chi connectivity index (χ3v) is 4.20. The first-order valence-corrected chi connectivity index (χ1v) is 7.31. The number of carbonyl (C=O) groups excluding carboxylic acids is 1. The van der Waals surface area contributed by atoms with Crippen molar-refractivity contribution in [2.45, 2.75) is 52.4 Å². The first-order valence-electron chi connectivity index (χ1n) is 7.31. The van der Waals surface area contributed by atoms with Gasteiger partial charge in [0.1, 0.15) is 5.56 Å². The molecule has 0 unspecified atom stereocenters. The zero-order valence-corrected chi connectivity index (χ0v) is 12.7. The summed E-state index contributed by atoms with van der Waals surface area (Å²) in [5.74, 6) is -0.392. The normalized spacial score (nSPS) is 16.6. The number of carboxylic acids is 1. The Morgan fingerprint density at radius 1 is 1.43 bits per heavy atom. The first-order chi connectivity index (χ1) is 9.84. The van der Waals surface area contributed by atoms with Crippen LogP contribution in [-0.4, -0.2) is 28.7 Å². The van der Waals surface area contributed by atoms with Gasteiger partial charge in [-0.15, -0.1) is 0 Å². The largest absolute Gasteiger partial charge is 0.481 e. The van der Waals surface area contributed by atoms with Crippen molar-refractivity contribution in [2.24, 2.45) is 5.41 Å². The van der Waals surface area contributed by atoms with E-state index in [2.05, 4.69) is 10.5 Å². The minimum absolute atomic E-state index is 0.0728. The Morgan fingerprint density at radius 2 is 2.10 bits per heavy atom. The summed E-state index contributed by atoms with van der Waals surface area (Å²) in [5.41, 5.74) is 0.761. The highest BCUT2D eigenvalue weighted by molar-refractivity contribution is 5.96. The molecule has 1 amide bonds. The summed E-state index contributed by atoms with van der Waals surface area (Å²) >= 11 is 0. The molecule has 1 aromatic rings. The van der Waals surface area contributed by atoms with E-state index in [1.165, 1.54) is 0 Å². The molecule has 0 saturated heterocycles. The third kappa shape index (κ3) is 3.25. The number of nitrogens with zero attached hydrogens (tertiary/aromatic N) is 1. The van der Waals surface area contributed by atoms with Gasteiger partial charge in [0.15, 0.2) is 5.76 Å². The molecule has 1 aromatic heterocycles. The molecule has 0 aliphatic heterocycles. The van der Waals surface area contributed by atoms with Crippen LogP contribution in [0, 0.1) is 12.3 Å². The van der Waals surface area contributed by atoms with Crippen LogP contribution in [0.5, 0.6) is 0 Å². The van der Waals surface area contributed by atoms with Crippen LogP contribution >= 0.6 is 0 Å². The minimum Gasteiger partial charge on any atom is -0.481 e. The van der Waals surface area contributed by atoms with E-state index >= 15 is 0 Å². The average Bonchev–Trinajstić information content (AvgIpc) is 2.73. The minimum atomic E-state index is -0.812. The Hall–Kier alpha value is -1.85. The highest BCUT2D eigenvalue weighted by Crippen LogP contribution is 2.43. The van der Waals surface area contributed by atoms with Gasteiger partial charge in [-0.05, 0) is 25.2 Å². The van der Waals surface area contributed by atoms with Crippen molar-refractivity contribution in [1.29, 1.82) is 0 Å². The highest BCUT2D eigenvalue weighted by Gasteiger charge is 2.39. The predicted molar refractivity (Wildman–Crippen MR) is 76.2 cm³/mol. The summed E-state index contributed by atoms with van der Waals surface area (Å²) in [6, 6.07) is 0. The molecule has 0 bridgehead atoms. The van der Waals surface area contributed by atoms with Crippen molar-refractivity contribution in [3.05, 3.63) is 17.0 Å². The second-order valence-electron chi connectivity index (χ2n) is 6.27. The number of aliphatic carboxylic acids is 1. The predicted octanol–water partition coefficient (Wildman–Crippen LogP) is 2.48. The van der Waals surface area contributed by atoms with Crippen molar-refractivity contribution >= 4 is 11.9 Å². The number of aryl methyl sites for hydroxylation is 1. The molecule has 1 aliphatic carbocycles. The lowest BCUT2D eigenvalue weighted by atomic mass is 9.66. The molecule has 0 aromatic carbocycles. The fourth-order valence-electron chi connectivity index (χ4n) is 2.83. The van der Waals surface area contributed by atoms with Crippen LogP contribution < -0.4 is 5.32 Å². The number of amides is 1. The van der Waals surface area contributed by atoms with Crippen LogP contribution in [0.3, 0.4) is 0 Å². The second kappa shape index (κ2) is 5.87. The van der Waals surface area contributed by atoms with Crippen molar-refractivity contribution in [2.75, 3.05) is 6.54 Å². The van der Waals surface area contributed by atoms with Crippen molar-refractivity contribution < 1.29 is 19.2 Å². The average molecular weight is 294 g/mol. The van der Waals surface area contributed by atoms with Crippen LogP contribution in [-0.2, 0) is 4.79 Å². The number of carboxylic acid groups (broad SMARTS) is 1. The summed E-state index contributed by atoms with van der Waals surface area (Å²) in [6.07, 6.45) is 2.82. The topological polar surface area (TPSA) is 92.4 Å². The summed E-state index contributed by atoms with van der Waals surface area (Å²) in [5, 5.41) is 15.7. The molecular formula is C15H22N2O4. The number of nitrogens with one attached hydrogen (secondary N) is 1. The molecule has 6 nitrogen and oxygen atoms in total. The van der Waals surface area contributed by atoms with E-state index < -0.39 is 5.97 Å². The maximum Gasteiger partial charge on any atom is 0.303 e. The Labute approximate surface area is 123 Å². The second-order valence-corrected chi connectivity index (χ2v) is 6.27. The number of rotatable bonds is 6. The molecule has 0 spiro atoms. The lowest BCUT2D eigenvalue weighted by molar-refractivity contribution is -0.141. The third-order valence-electron chi connectivity index (χ3n) is 4.20. The van der Waals surface area contributed by atoms with Gasteiger partial charge in [-0.25, -0.2) is 0 Å². The summed E-state index contributed by atoms with van der Waals surface area (Å²) in [4.78, 5) is 23.3. The molecule has 1 heterocycles. The number of hydrogen-bond donors (Lipinski definition) is 2. The Morgan fingerprint density at radius 3 is 2.57 bits per heavy atom. The summed E-state index contributed by atoms with van der Waals surface area (Å²) in [7, 11) is 0. The molecule has 1 saturated carbocycles. The lowest BCUT2D eigenvalue weighted by Gasteiger charge is -2.40. The molecule has 2 rings (SSSR count). The van der Waals surface area contributed by atoms with Gasteiger partial charge in [-0.3, -0.25) is 9.59 Å². The van der Waals surface area contributed by atoms with Gasteiger partial charge >= 0.3 is 5.97 Å². The molecule has 0 atom stereocenters. The van der Waals surface area contributed by atoms with E-state index in [-0.39, 0.29) is 23.7 Å².